The Kier molecular flexibility index (Phi) is 6.87. The van der Waals surface area contributed by atoms with E-state index in [-0.39, 0.29) is 5.91 Å². The summed E-state index contributed by atoms with van der Waals surface area (Å²) in [6.45, 7) is 6.07. The Morgan fingerprint density at radius 1 is 1.00 bits per heavy atom. The molecule has 1 N–H and O–H groups in total. The number of benzene rings is 2. The van der Waals surface area contributed by atoms with Crippen LogP contribution in [0.1, 0.15) is 21.7 Å². The smallest absolute Gasteiger partial charge is 0.274 e. The number of pyridine rings is 1. The number of carbonyl (C=O) groups excluding carboxylic acids is 1. The number of carbonyl (C=O) groups is 1. The van der Waals surface area contributed by atoms with Crippen LogP contribution in [0.15, 0.2) is 72.9 Å². The van der Waals surface area contributed by atoms with Gasteiger partial charge in [-0.05, 0) is 36.8 Å². The molecule has 6 rings (SSSR count). The van der Waals surface area contributed by atoms with E-state index >= 15 is 0 Å². The second-order valence-electron chi connectivity index (χ2n) is 9.16. The number of hydrogen-bond donors (Lipinski definition) is 1. The quantitative estimate of drug-likeness (QED) is 0.327. The molecular weight excluding hydrogens is 496 g/mol. The number of nitrogens with one attached hydrogen (secondary N) is 1. The fourth-order valence-corrected chi connectivity index (χ4v) is 5.38. The normalized spacial score (nSPS) is 14.0. The molecule has 0 unspecified atom stereocenters. The summed E-state index contributed by atoms with van der Waals surface area (Å²) in [5.74, 6) is 0.223. The lowest BCUT2D eigenvalue weighted by Gasteiger charge is -2.26. The summed E-state index contributed by atoms with van der Waals surface area (Å²) >= 11 is 1.51. The molecule has 0 atom stereocenters. The fraction of sp³-hybridized carbons (Fsp3) is 0.207. The molecule has 190 valence electrons. The molecule has 0 aliphatic carbocycles. The SMILES string of the molecule is Cc1cc(C(=O)Nc2ccccc2-c2nc3cc(CN4CCOCC4)cnc3s2)nc(-c2ccccc2)n1. The Morgan fingerprint density at radius 2 is 1.79 bits per heavy atom. The average molecular weight is 523 g/mol. The second kappa shape index (κ2) is 10.7. The molecule has 3 aromatic heterocycles. The molecule has 0 saturated carbocycles. The van der Waals surface area contributed by atoms with Crippen molar-refractivity contribution in [3.05, 3.63) is 89.9 Å². The number of rotatable bonds is 6. The summed E-state index contributed by atoms with van der Waals surface area (Å²) in [5.41, 5.74) is 5.39. The average Bonchev–Trinajstić information content (AvgIpc) is 3.37. The zero-order valence-corrected chi connectivity index (χ0v) is 21.7. The highest BCUT2D eigenvalue weighted by Crippen LogP contribution is 2.34. The number of ether oxygens (including phenoxy) is 1. The maximum Gasteiger partial charge on any atom is 0.274 e. The first-order chi connectivity index (χ1) is 18.6. The molecule has 9 heteroatoms. The number of thiazole rings is 1. The minimum atomic E-state index is -0.299. The Labute approximate surface area is 224 Å². The third-order valence-corrected chi connectivity index (χ3v) is 7.35. The van der Waals surface area contributed by atoms with E-state index in [1.54, 1.807) is 6.07 Å². The molecule has 1 aliphatic heterocycles. The Hall–Kier alpha value is -4.05. The summed E-state index contributed by atoms with van der Waals surface area (Å²) in [6, 6.07) is 21.1. The summed E-state index contributed by atoms with van der Waals surface area (Å²) in [5, 5.41) is 3.84. The van der Waals surface area contributed by atoms with E-state index in [1.165, 1.54) is 11.3 Å². The van der Waals surface area contributed by atoms with Gasteiger partial charge < -0.3 is 10.1 Å². The molecule has 4 heterocycles. The van der Waals surface area contributed by atoms with Gasteiger partial charge in [0.1, 0.15) is 21.0 Å². The molecular formula is C29H26N6O2S. The van der Waals surface area contributed by atoms with E-state index in [9.17, 15) is 4.79 Å². The molecule has 1 aliphatic rings. The van der Waals surface area contributed by atoms with Crippen molar-refractivity contribution in [1.82, 2.24) is 24.8 Å². The van der Waals surface area contributed by atoms with Gasteiger partial charge in [-0.15, -0.1) is 0 Å². The highest BCUT2D eigenvalue weighted by atomic mass is 32.1. The predicted octanol–water partition coefficient (Wildman–Crippen LogP) is 5.21. The molecule has 1 saturated heterocycles. The third kappa shape index (κ3) is 5.31. The van der Waals surface area contributed by atoms with Crippen LogP contribution in [0.25, 0.3) is 32.3 Å². The highest BCUT2D eigenvalue weighted by molar-refractivity contribution is 7.21. The van der Waals surface area contributed by atoms with Crippen LogP contribution in [-0.2, 0) is 11.3 Å². The number of aryl methyl sites for hydroxylation is 1. The van der Waals surface area contributed by atoms with Crippen LogP contribution < -0.4 is 5.32 Å². The van der Waals surface area contributed by atoms with E-state index < -0.39 is 0 Å². The van der Waals surface area contributed by atoms with Crippen LogP contribution in [0.2, 0.25) is 0 Å². The van der Waals surface area contributed by atoms with Crippen LogP contribution in [-0.4, -0.2) is 57.0 Å². The zero-order chi connectivity index (χ0) is 25.9. The Morgan fingerprint density at radius 3 is 2.63 bits per heavy atom. The van der Waals surface area contributed by atoms with Gasteiger partial charge in [0.2, 0.25) is 0 Å². The monoisotopic (exact) mass is 522 g/mol. The van der Waals surface area contributed by atoms with Gasteiger partial charge in [0.05, 0.1) is 18.9 Å². The lowest BCUT2D eigenvalue weighted by atomic mass is 10.1. The number of fused-ring (bicyclic) bond motifs is 1. The van der Waals surface area contributed by atoms with Crippen molar-refractivity contribution in [2.24, 2.45) is 0 Å². The molecule has 0 radical (unpaired) electrons. The standard InChI is InChI=1S/C29H26N6O2S/c1-19-15-24(32-26(31-19)21-7-3-2-4-8-21)27(36)33-23-10-6-5-9-22(23)28-34-25-16-20(17-30-29(25)38-28)18-35-11-13-37-14-12-35/h2-10,15-17H,11-14,18H2,1H3,(H,33,36). The Bertz CT molecular complexity index is 1600. The minimum absolute atomic E-state index is 0.299. The molecule has 0 bridgehead atoms. The second-order valence-corrected chi connectivity index (χ2v) is 10.1. The Balaban J connectivity index is 1.26. The van der Waals surface area contributed by atoms with E-state index in [4.69, 9.17) is 9.72 Å². The van der Waals surface area contributed by atoms with E-state index in [0.29, 0.717) is 17.2 Å². The lowest BCUT2D eigenvalue weighted by Crippen LogP contribution is -2.35. The van der Waals surface area contributed by atoms with Crippen LogP contribution in [0, 0.1) is 6.92 Å². The summed E-state index contributed by atoms with van der Waals surface area (Å²) in [7, 11) is 0. The maximum absolute atomic E-state index is 13.3. The maximum atomic E-state index is 13.3. The molecule has 1 amide bonds. The summed E-state index contributed by atoms with van der Waals surface area (Å²) < 4.78 is 5.45. The van der Waals surface area contributed by atoms with Crippen molar-refractivity contribution in [3.8, 4) is 22.0 Å². The fourth-order valence-electron chi connectivity index (χ4n) is 4.45. The van der Waals surface area contributed by atoms with Gasteiger partial charge in [-0.1, -0.05) is 53.8 Å². The minimum Gasteiger partial charge on any atom is -0.379 e. The highest BCUT2D eigenvalue weighted by Gasteiger charge is 2.17. The number of para-hydroxylation sites is 1. The number of aromatic nitrogens is 4. The van der Waals surface area contributed by atoms with Crippen LogP contribution in [0.4, 0.5) is 5.69 Å². The van der Waals surface area contributed by atoms with Crippen LogP contribution >= 0.6 is 11.3 Å². The molecule has 5 aromatic rings. The number of amides is 1. The molecule has 8 nitrogen and oxygen atoms in total. The first-order valence-electron chi connectivity index (χ1n) is 12.5. The van der Waals surface area contributed by atoms with Crippen molar-refractivity contribution in [1.29, 1.82) is 0 Å². The van der Waals surface area contributed by atoms with Gasteiger partial charge in [0.15, 0.2) is 5.82 Å². The van der Waals surface area contributed by atoms with Crippen molar-refractivity contribution in [3.63, 3.8) is 0 Å². The lowest BCUT2D eigenvalue weighted by molar-refractivity contribution is 0.0341. The van der Waals surface area contributed by atoms with E-state index in [1.807, 2.05) is 67.7 Å². The number of nitrogens with zero attached hydrogens (tertiary/aromatic N) is 5. The van der Waals surface area contributed by atoms with Crippen molar-refractivity contribution in [2.75, 3.05) is 31.6 Å². The summed E-state index contributed by atoms with van der Waals surface area (Å²) in [4.78, 5) is 35.1. The number of hydrogen-bond acceptors (Lipinski definition) is 8. The number of morpholine rings is 1. The van der Waals surface area contributed by atoms with Crippen molar-refractivity contribution < 1.29 is 9.53 Å². The topological polar surface area (TPSA) is 93.1 Å². The van der Waals surface area contributed by atoms with Crippen molar-refractivity contribution in [2.45, 2.75) is 13.5 Å². The molecule has 2 aromatic carbocycles. The van der Waals surface area contributed by atoms with Gasteiger partial charge >= 0.3 is 0 Å². The molecule has 1 fully saturated rings. The van der Waals surface area contributed by atoms with Crippen LogP contribution in [0.5, 0.6) is 0 Å². The first-order valence-corrected chi connectivity index (χ1v) is 13.3. The first kappa shape index (κ1) is 24.3. The van der Waals surface area contributed by atoms with E-state index in [2.05, 4.69) is 31.2 Å². The van der Waals surface area contributed by atoms with Gasteiger partial charge in [0, 0.05) is 42.7 Å². The predicted molar refractivity (Wildman–Crippen MR) is 149 cm³/mol. The van der Waals surface area contributed by atoms with Gasteiger partial charge in [-0.25, -0.2) is 19.9 Å². The summed E-state index contributed by atoms with van der Waals surface area (Å²) in [6.07, 6.45) is 1.93. The number of anilines is 1. The van der Waals surface area contributed by atoms with Crippen LogP contribution in [0.3, 0.4) is 0 Å². The largest absolute Gasteiger partial charge is 0.379 e. The molecule has 0 spiro atoms. The van der Waals surface area contributed by atoms with Crippen molar-refractivity contribution >= 4 is 33.3 Å². The molecule has 38 heavy (non-hydrogen) atoms. The zero-order valence-electron chi connectivity index (χ0n) is 20.9. The third-order valence-electron chi connectivity index (χ3n) is 6.34. The van der Waals surface area contributed by atoms with Gasteiger partial charge in [-0.3, -0.25) is 9.69 Å². The van der Waals surface area contributed by atoms with E-state index in [0.717, 1.165) is 70.6 Å². The van der Waals surface area contributed by atoms with Gasteiger partial charge in [-0.2, -0.15) is 0 Å². The van der Waals surface area contributed by atoms with Gasteiger partial charge in [0.25, 0.3) is 5.91 Å².